The zero-order valence-corrected chi connectivity index (χ0v) is 14.2. The molecule has 25 heavy (non-hydrogen) atoms. The molecule has 0 aliphatic rings. The van der Waals surface area contributed by atoms with Crippen molar-refractivity contribution in [2.45, 2.75) is 6.92 Å². The second-order valence-electron chi connectivity index (χ2n) is 5.46. The van der Waals surface area contributed by atoms with Crippen molar-refractivity contribution >= 4 is 40.4 Å². The third kappa shape index (κ3) is 3.54. The second-order valence-corrected chi connectivity index (χ2v) is 5.86. The van der Waals surface area contributed by atoms with E-state index in [0.717, 1.165) is 0 Å². The molecule has 126 valence electrons. The van der Waals surface area contributed by atoms with Crippen LogP contribution in [0, 0.1) is 0 Å². The van der Waals surface area contributed by atoms with Crippen molar-refractivity contribution < 1.29 is 9.59 Å². The quantitative estimate of drug-likeness (QED) is 0.700. The number of anilines is 2. The third-order valence-corrected chi connectivity index (χ3v) is 3.84. The maximum absolute atomic E-state index is 12.5. The van der Waals surface area contributed by atoms with Crippen molar-refractivity contribution in [3.8, 4) is 0 Å². The molecule has 1 aromatic carbocycles. The molecule has 3 rings (SSSR count). The Morgan fingerprint density at radius 3 is 2.68 bits per heavy atom. The van der Waals surface area contributed by atoms with Crippen LogP contribution < -0.4 is 10.6 Å². The number of hydrogen-bond donors (Lipinski definition) is 2. The number of hydrogen-bond acceptors (Lipinski definition) is 3. The predicted molar refractivity (Wildman–Crippen MR) is 98.0 cm³/mol. The Kier molecular flexibility index (Phi) is 4.54. The van der Waals surface area contributed by atoms with Gasteiger partial charge in [0, 0.05) is 23.5 Å². The molecule has 0 aliphatic carbocycles. The van der Waals surface area contributed by atoms with E-state index in [1.165, 1.54) is 6.20 Å². The van der Waals surface area contributed by atoms with Gasteiger partial charge in [0.25, 0.3) is 11.8 Å². The lowest BCUT2D eigenvalue weighted by molar-refractivity contribution is -0.112. The molecule has 0 saturated heterocycles. The summed E-state index contributed by atoms with van der Waals surface area (Å²) in [7, 11) is 0. The molecule has 0 saturated carbocycles. The van der Waals surface area contributed by atoms with E-state index in [-0.39, 0.29) is 11.8 Å². The van der Waals surface area contributed by atoms with E-state index >= 15 is 0 Å². The van der Waals surface area contributed by atoms with Crippen LogP contribution in [-0.2, 0) is 4.79 Å². The lowest BCUT2D eigenvalue weighted by Crippen LogP contribution is -2.15. The number of carbonyl (C=O) groups is 2. The molecule has 2 N–H and O–H groups in total. The molecule has 2 heterocycles. The highest BCUT2D eigenvalue weighted by atomic mass is 35.5. The van der Waals surface area contributed by atoms with Crippen LogP contribution in [-0.4, -0.2) is 21.2 Å². The first-order valence-corrected chi connectivity index (χ1v) is 7.83. The van der Waals surface area contributed by atoms with Gasteiger partial charge in [0.15, 0.2) is 0 Å². The summed E-state index contributed by atoms with van der Waals surface area (Å²) in [4.78, 5) is 28.4. The molecule has 0 bridgehead atoms. The van der Waals surface area contributed by atoms with Crippen molar-refractivity contribution in [1.82, 2.24) is 9.38 Å². The Labute approximate surface area is 149 Å². The first kappa shape index (κ1) is 16.7. The molecule has 6 nitrogen and oxygen atoms in total. The van der Waals surface area contributed by atoms with Crippen LogP contribution in [0.15, 0.2) is 60.9 Å². The van der Waals surface area contributed by atoms with Crippen LogP contribution in [0.4, 0.5) is 11.4 Å². The number of aromatic nitrogens is 2. The zero-order chi connectivity index (χ0) is 18.0. The summed E-state index contributed by atoms with van der Waals surface area (Å²) < 4.78 is 1.63. The molecule has 0 unspecified atom stereocenters. The fourth-order valence-electron chi connectivity index (χ4n) is 2.21. The predicted octanol–water partition coefficient (Wildman–Crippen LogP) is 3.75. The average molecular weight is 355 g/mol. The zero-order valence-electron chi connectivity index (χ0n) is 13.4. The Bertz CT molecular complexity index is 994. The van der Waals surface area contributed by atoms with E-state index in [9.17, 15) is 9.59 Å². The van der Waals surface area contributed by atoms with Crippen LogP contribution in [0.1, 0.15) is 17.4 Å². The van der Waals surface area contributed by atoms with Crippen LogP contribution in [0.3, 0.4) is 0 Å². The number of halogens is 1. The number of amides is 2. The van der Waals surface area contributed by atoms with E-state index < -0.39 is 0 Å². The van der Waals surface area contributed by atoms with E-state index in [1.54, 1.807) is 53.9 Å². The van der Waals surface area contributed by atoms with Gasteiger partial charge in [-0.15, -0.1) is 0 Å². The van der Waals surface area contributed by atoms with Gasteiger partial charge in [0.05, 0.1) is 16.9 Å². The summed E-state index contributed by atoms with van der Waals surface area (Å²) in [6.45, 7) is 5.22. The van der Waals surface area contributed by atoms with Gasteiger partial charge < -0.3 is 10.6 Å². The molecule has 7 heteroatoms. The van der Waals surface area contributed by atoms with Crippen molar-refractivity contribution in [2.75, 3.05) is 10.6 Å². The molecule has 3 aromatic rings. The molecular weight excluding hydrogens is 340 g/mol. The summed E-state index contributed by atoms with van der Waals surface area (Å²) in [5.41, 5.74) is 2.39. The average Bonchev–Trinajstić information content (AvgIpc) is 3.00. The maximum atomic E-state index is 12.5. The van der Waals surface area contributed by atoms with E-state index in [0.29, 0.717) is 33.3 Å². The number of nitrogens with zero attached hydrogens (tertiary/aromatic N) is 2. The van der Waals surface area contributed by atoms with Crippen LogP contribution in [0.25, 0.3) is 5.65 Å². The maximum Gasteiger partial charge on any atom is 0.274 e. The van der Waals surface area contributed by atoms with Crippen molar-refractivity contribution in [2.24, 2.45) is 0 Å². The highest BCUT2D eigenvalue weighted by molar-refractivity contribution is 6.33. The number of imidazole rings is 1. The number of benzene rings is 1. The fraction of sp³-hybridized carbons (Fsp3) is 0.0556. The molecule has 0 fully saturated rings. The highest BCUT2D eigenvalue weighted by Gasteiger charge is 2.14. The molecule has 0 aliphatic heterocycles. The van der Waals surface area contributed by atoms with Crippen LogP contribution in [0.2, 0.25) is 5.02 Å². The molecule has 0 radical (unpaired) electrons. The van der Waals surface area contributed by atoms with Crippen LogP contribution >= 0.6 is 11.6 Å². The van der Waals surface area contributed by atoms with Gasteiger partial charge in [0.2, 0.25) is 0 Å². The van der Waals surface area contributed by atoms with Gasteiger partial charge in [-0.05, 0) is 25.1 Å². The Hall–Kier alpha value is -3.12. The van der Waals surface area contributed by atoms with Gasteiger partial charge in [0.1, 0.15) is 11.3 Å². The second kappa shape index (κ2) is 6.78. The molecule has 2 amide bonds. The third-order valence-electron chi connectivity index (χ3n) is 3.51. The Morgan fingerprint density at radius 1 is 1.20 bits per heavy atom. The molecule has 0 spiro atoms. The lowest BCUT2D eigenvalue weighted by atomic mass is 10.3. The number of rotatable bonds is 4. The fourth-order valence-corrected chi connectivity index (χ4v) is 2.40. The van der Waals surface area contributed by atoms with Crippen molar-refractivity contribution in [3.05, 3.63) is 71.7 Å². The minimum atomic E-state index is -0.334. The lowest BCUT2D eigenvalue weighted by Gasteiger charge is -2.08. The topological polar surface area (TPSA) is 75.5 Å². The molecule has 2 aromatic heterocycles. The van der Waals surface area contributed by atoms with Gasteiger partial charge in [-0.1, -0.05) is 30.3 Å². The smallest absolute Gasteiger partial charge is 0.274 e. The number of nitrogens with one attached hydrogen (secondary N) is 2. The summed E-state index contributed by atoms with van der Waals surface area (Å²) in [6, 6.07) is 10.3. The van der Waals surface area contributed by atoms with Crippen LogP contribution in [0.5, 0.6) is 0 Å². The normalized spacial score (nSPS) is 10.5. The van der Waals surface area contributed by atoms with Crippen molar-refractivity contribution in [3.63, 3.8) is 0 Å². The largest absolute Gasteiger partial charge is 0.322 e. The van der Waals surface area contributed by atoms with Gasteiger partial charge >= 0.3 is 0 Å². The number of fused-ring (bicyclic) bond motifs is 1. The number of para-hydroxylation sites is 1. The van der Waals surface area contributed by atoms with Gasteiger partial charge in [-0.2, -0.15) is 0 Å². The SMILES string of the molecule is C=C(C)C(=O)Nc1ccn2c(C(=O)Nc3ccccc3Cl)cnc2c1. The molecule has 0 atom stereocenters. The summed E-state index contributed by atoms with van der Waals surface area (Å²) in [5.74, 6) is -0.605. The van der Waals surface area contributed by atoms with E-state index in [2.05, 4.69) is 22.2 Å². The van der Waals surface area contributed by atoms with E-state index in [1.807, 2.05) is 0 Å². The van der Waals surface area contributed by atoms with Gasteiger partial charge in [-0.3, -0.25) is 14.0 Å². The van der Waals surface area contributed by atoms with Crippen molar-refractivity contribution in [1.29, 1.82) is 0 Å². The number of pyridine rings is 1. The number of carbonyl (C=O) groups excluding carboxylic acids is 2. The minimum absolute atomic E-state index is 0.271. The van der Waals surface area contributed by atoms with E-state index in [4.69, 9.17) is 11.6 Å². The molecular formula is C18H15ClN4O2. The first-order chi connectivity index (χ1) is 12.0. The highest BCUT2D eigenvalue weighted by Crippen LogP contribution is 2.21. The minimum Gasteiger partial charge on any atom is -0.322 e. The first-order valence-electron chi connectivity index (χ1n) is 7.45. The summed E-state index contributed by atoms with van der Waals surface area (Å²) in [6.07, 6.45) is 3.13. The van der Waals surface area contributed by atoms with Gasteiger partial charge in [-0.25, -0.2) is 4.98 Å². The summed E-state index contributed by atoms with van der Waals surface area (Å²) in [5, 5.41) is 5.92. The Balaban J connectivity index is 1.86. The Morgan fingerprint density at radius 2 is 1.96 bits per heavy atom. The standard InChI is InChI=1S/C18H15ClN4O2/c1-11(2)17(24)21-12-7-8-23-15(10-20-16(23)9-12)18(25)22-14-6-4-3-5-13(14)19/h3-10H,1H2,2H3,(H,21,24)(H,22,25). The summed E-state index contributed by atoms with van der Waals surface area (Å²) >= 11 is 6.06. The monoisotopic (exact) mass is 354 g/mol.